The highest BCUT2D eigenvalue weighted by atomic mass is 16.4. The zero-order valence-corrected chi connectivity index (χ0v) is 14.6. The first-order valence-electron chi connectivity index (χ1n) is 8.85. The molecule has 1 aromatic heterocycles. The number of rotatable bonds is 4. The third kappa shape index (κ3) is 2.72. The second-order valence-corrected chi connectivity index (χ2v) is 6.91. The molecule has 0 saturated heterocycles. The van der Waals surface area contributed by atoms with Crippen molar-refractivity contribution < 1.29 is 19.8 Å². The van der Waals surface area contributed by atoms with Crippen LogP contribution in [0.4, 0.5) is 0 Å². The van der Waals surface area contributed by atoms with Crippen molar-refractivity contribution in [3.05, 3.63) is 66.2 Å². The predicted octanol–water partition coefficient (Wildman–Crippen LogP) is 4.56. The van der Waals surface area contributed by atoms with Gasteiger partial charge in [0.2, 0.25) is 0 Å². The summed E-state index contributed by atoms with van der Waals surface area (Å²) in [6.45, 7) is 0. The minimum Gasteiger partial charge on any atom is -0.480 e. The van der Waals surface area contributed by atoms with E-state index < -0.39 is 17.4 Å². The number of carbonyl (C=O) groups is 2. The maximum Gasteiger partial charge on any atom is 0.321 e. The second kappa shape index (κ2) is 6.43. The summed E-state index contributed by atoms with van der Waals surface area (Å²) in [6, 6.07) is 17.9. The van der Waals surface area contributed by atoms with Crippen molar-refractivity contribution in [3.63, 3.8) is 0 Å². The average molecular weight is 361 g/mol. The van der Waals surface area contributed by atoms with Crippen LogP contribution in [0.25, 0.3) is 27.7 Å². The number of benzene rings is 2. The molecule has 3 N–H and O–H groups in total. The van der Waals surface area contributed by atoms with Gasteiger partial charge in [-0.1, -0.05) is 54.6 Å². The number of aliphatic carboxylic acids is 2. The van der Waals surface area contributed by atoms with Gasteiger partial charge in [0.1, 0.15) is 0 Å². The Balaban J connectivity index is 1.86. The third-order valence-electron chi connectivity index (χ3n) is 5.43. The number of nitrogens with one attached hydrogen (secondary N) is 1. The number of hydrogen-bond donors (Lipinski definition) is 3. The maximum atomic E-state index is 11.6. The molecule has 4 rings (SSSR count). The first-order valence-corrected chi connectivity index (χ1v) is 8.85. The van der Waals surface area contributed by atoms with Crippen molar-refractivity contribution in [2.75, 3.05) is 0 Å². The van der Waals surface area contributed by atoms with Crippen LogP contribution in [0.5, 0.6) is 0 Å². The molecule has 1 heterocycles. The minimum atomic E-state index is -1.73. The molecule has 0 fully saturated rings. The van der Waals surface area contributed by atoms with Gasteiger partial charge in [0, 0.05) is 16.5 Å². The summed E-state index contributed by atoms with van der Waals surface area (Å²) < 4.78 is 0. The molecule has 2 aromatic carbocycles. The van der Waals surface area contributed by atoms with Gasteiger partial charge in [0.15, 0.2) is 5.41 Å². The molecule has 5 nitrogen and oxygen atoms in total. The number of fused-ring (bicyclic) bond motifs is 1. The lowest BCUT2D eigenvalue weighted by Gasteiger charge is -2.28. The summed E-state index contributed by atoms with van der Waals surface area (Å²) >= 11 is 0. The van der Waals surface area contributed by atoms with Crippen LogP contribution in [0, 0.1) is 5.41 Å². The van der Waals surface area contributed by atoms with Crippen LogP contribution < -0.4 is 0 Å². The van der Waals surface area contributed by atoms with Crippen LogP contribution in [-0.2, 0) is 9.59 Å². The van der Waals surface area contributed by atoms with Crippen LogP contribution in [0.1, 0.15) is 24.8 Å². The van der Waals surface area contributed by atoms with Gasteiger partial charge < -0.3 is 15.2 Å². The zero-order valence-electron chi connectivity index (χ0n) is 14.6. The van der Waals surface area contributed by atoms with Crippen molar-refractivity contribution in [1.29, 1.82) is 0 Å². The highest BCUT2D eigenvalue weighted by Crippen LogP contribution is 2.44. The largest absolute Gasteiger partial charge is 0.480 e. The van der Waals surface area contributed by atoms with Crippen molar-refractivity contribution in [2.24, 2.45) is 5.41 Å². The molecule has 0 atom stereocenters. The van der Waals surface area contributed by atoms with Gasteiger partial charge in [-0.3, -0.25) is 9.59 Å². The van der Waals surface area contributed by atoms with E-state index in [1.165, 1.54) is 0 Å². The summed E-state index contributed by atoms with van der Waals surface area (Å²) in [4.78, 5) is 26.7. The van der Waals surface area contributed by atoms with Crippen LogP contribution in [-0.4, -0.2) is 27.1 Å². The predicted molar refractivity (Wildman–Crippen MR) is 103 cm³/mol. The Morgan fingerprint density at radius 3 is 2.22 bits per heavy atom. The Labute approximate surface area is 156 Å². The van der Waals surface area contributed by atoms with Crippen LogP contribution in [0.2, 0.25) is 0 Å². The summed E-state index contributed by atoms with van der Waals surface area (Å²) in [7, 11) is 0. The molecule has 1 aliphatic rings. The number of allylic oxidation sites excluding steroid dienone is 2. The van der Waals surface area contributed by atoms with Gasteiger partial charge in [-0.2, -0.15) is 0 Å². The molecule has 0 saturated carbocycles. The lowest BCUT2D eigenvalue weighted by molar-refractivity contribution is -0.165. The van der Waals surface area contributed by atoms with Crippen molar-refractivity contribution in [3.8, 4) is 11.3 Å². The highest BCUT2D eigenvalue weighted by Gasteiger charge is 2.47. The van der Waals surface area contributed by atoms with E-state index in [4.69, 9.17) is 0 Å². The van der Waals surface area contributed by atoms with Gasteiger partial charge in [-0.05, 0) is 36.5 Å². The molecule has 5 heteroatoms. The van der Waals surface area contributed by atoms with Crippen LogP contribution in [0.3, 0.4) is 0 Å². The Kier molecular flexibility index (Phi) is 4.07. The van der Waals surface area contributed by atoms with Gasteiger partial charge in [0.05, 0.1) is 5.69 Å². The fourth-order valence-corrected chi connectivity index (χ4v) is 3.85. The molecule has 0 unspecified atom stereocenters. The number of aromatic amines is 1. The number of carboxylic acid groups (broad SMARTS) is 2. The number of para-hydroxylation sites is 1. The Bertz CT molecular complexity index is 1050. The van der Waals surface area contributed by atoms with E-state index in [0.29, 0.717) is 6.42 Å². The van der Waals surface area contributed by atoms with Gasteiger partial charge in [0.25, 0.3) is 0 Å². The topological polar surface area (TPSA) is 90.4 Å². The SMILES string of the molecule is O=C(O)C1(C(=O)O)CC=C(c2c(-c3ccccc3)[nH]c3ccccc23)CC1. The first-order chi connectivity index (χ1) is 13.0. The van der Waals surface area contributed by atoms with E-state index >= 15 is 0 Å². The Morgan fingerprint density at radius 1 is 0.926 bits per heavy atom. The standard InChI is InChI=1S/C22H19NO4/c24-20(25)22(21(26)27)12-10-14(11-13-22)18-16-8-4-5-9-17(16)23-19(18)15-6-2-1-3-7-15/h1-10,23H,11-13H2,(H,24,25)(H,26,27). The van der Waals surface area contributed by atoms with E-state index in [-0.39, 0.29) is 12.8 Å². The molecule has 136 valence electrons. The Hall–Kier alpha value is -3.34. The average Bonchev–Trinajstić information content (AvgIpc) is 3.08. The van der Waals surface area contributed by atoms with Gasteiger partial charge in [-0.25, -0.2) is 0 Å². The maximum absolute atomic E-state index is 11.6. The van der Waals surface area contributed by atoms with Crippen LogP contribution in [0.15, 0.2) is 60.7 Å². The zero-order chi connectivity index (χ0) is 19.0. The summed E-state index contributed by atoms with van der Waals surface area (Å²) in [5, 5.41) is 20.0. The lowest BCUT2D eigenvalue weighted by atomic mass is 9.73. The summed E-state index contributed by atoms with van der Waals surface area (Å²) in [5.41, 5.74) is 3.30. The van der Waals surface area contributed by atoms with Crippen LogP contribution >= 0.6 is 0 Å². The fraction of sp³-hybridized carbons (Fsp3) is 0.182. The smallest absolute Gasteiger partial charge is 0.321 e. The van der Waals surface area contributed by atoms with E-state index in [0.717, 1.165) is 33.3 Å². The molecular weight excluding hydrogens is 342 g/mol. The monoisotopic (exact) mass is 361 g/mol. The minimum absolute atomic E-state index is 0.0132. The van der Waals surface area contributed by atoms with E-state index in [1.807, 2.05) is 54.6 Å². The molecule has 0 aliphatic heterocycles. The number of aromatic nitrogens is 1. The molecular formula is C22H19NO4. The van der Waals surface area contributed by atoms with Crippen molar-refractivity contribution in [2.45, 2.75) is 19.3 Å². The Morgan fingerprint density at radius 2 is 1.59 bits per heavy atom. The van der Waals surface area contributed by atoms with E-state index in [2.05, 4.69) is 4.98 Å². The third-order valence-corrected chi connectivity index (χ3v) is 5.43. The molecule has 0 bridgehead atoms. The van der Waals surface area contributed by atoms with Crippen molar-refractivity contribution >= 4 is 28.4 Å². The molecule has 0 spiro atoms. The first kappa shape index (κ1) is 17.1. The molecule has 1 aliphatic carbocycles. The summed E-state index contributed by atoms with van der Waals surface area (Å²) in [5.74, 6) is -2.54. The van der Waals surface area contributed by atoms with E-state index in [9.17, 15) is 19.8 Å². The van der Waals surface area contributed by atoms with E-state index in [1.54, 1.807) is 6.08 Å². The molecule has 0 radical (unpaired) electrons. The number of carboxylic acids is 2. The summed E-state index contributed by atoms with van der Waals surface area (Å²) in [6.07, 6.45) is 2.26. The number of H-pyrrole nitrogens is 1. The van der Waals surface area contributed by atoms with Gasteiger partial charge >= 0.3 is 11.9 Å². The molecule has 3 aromatic rings. The number of hydrogen-bond acceptors (Lipinski definition) is 2. The fourth-order valence-electron chi connectivity index (χ4n) is 3.85. The molecule has 0 amide bonds. The quantitative estimate of drug-likeness (QED) is 0.594. The lowest BCUT2D eigenvalue weighted by Crippen LogP contribution is -2.40. The highest BCUT2D eigenvalue weighted by molar-refractivity contribution is 6.03. The van der Waals surface area contributed by atoms with Crippen molar-refractivity contribution in [1.82, 2.24) is 4.98 Å². The second-order valence-electron chi connectivity index (χ2n) is 6.91. The normalized spacial score (nSPS) is 16.1. The molecule has 27 heavy (non-hydrogen) atoms. The van der Waals surface area contributed by atoms with Gasteiger partial charge in [-0.15, -0.1) is 0 Å².